The van der Waals surface area contributed by atoms with Crippen molar-refractivity contribution in [3.05, 3.63) is 48.0 Å². The highest BCUT2D eigenvalue weighted by Gasteiger charge is 2.28. The third-order valence-electron chi connectivity index (χ3n) is 2.68. The summed E-state index contributed by atoms with van der Waals surface area (Å²) in [6.45, 7) is 0. The number of halogens is 1. The van der Waals surface area contributed by atoms with Crippen molar-refractivity contribution in [3.8, 4) is 0 Å². The summed E-state index contributed by atoms with van der Waals surface area (Å²) in [5.74, 6) is -2.12. The summed E-state index contributed by atoms with van der Waals surface area (Å²) in [6, 6.07) is 2.79. The van der Waals surface area contributed by atoms with Crippen molar-refractivity contribution >= 4 is 16.0 Å². The molecule has 7 nitrogen and oxygen atoms in total. The van der Waals surface area contributed by atoms with Crippen LogP contribution in [0.15, 0.2) is 41.6 Å². The highest BCUT2D eigenvalue weighted by atomic mass is 32.2. The molecule has 21 heavy (non-hydrogen) atoms. The largest absolute Gasteiger partial charge is 0.480 e. The smallest absolute Gasteiger partial charge is 0.326 e. The third kappa shape index (κ3) is 3.44. The summed E-state index contributed by atoms with van der Waals surface area (Å²) in [4.78, 5) is 10.9. The Labute approximate surface area is 120 Å². The van der Waals surface area contributed by atoms with Gasteiger partial charge in [-0.05, 0) is 18.2 Å². The first-order valence-electron chi connectivity index (χ1n) is 5.79. The standard InChI is InChI=1S/C12H12FN3O4S/c1-16-7-8(6-14-16)11(12(17)18)15-21(19,20)10-4-2-3-9(13)5-10/h2-7,11,15H,1H3,(H,17,18). The number of hydrogen-bond acceptors (Lipinski definition) is 4. The van der Waals surface area contributed by atoms with Gasteiger partial charge in [-0.25, -0.2) is 12.8 Å². The summed E-state index contributed by atoms with van der Waals surface area (Å²) in [5, 5.41) is 13.0. The van der Waals surface area contributed by atoms with Gasteiger partial charge in [0.2, 0.25) is 10.0 Å². The van der Waals surface area contributed by atoms with E-state index >= 15 is 0 Å². The molecule has 1 heterocycles. The van der Waals surface area contributed by atoms with Crippen LogP contribution in [0.3, 0.4) is 0 Å². The zero-order valence-corrected chi connectivity index (χ0v) is 11.7. The lowest BCUT2D eigenvalue weighted by atomic mass is 10.2. The summed E-state index contributed by atoms with van der Waals surface area (Å²) >= 11 is 0. The van der Waals surface area contributed by atoms with Gasteiger partial charge in [-0.3, -0.25) is 9.48 Å². The average molecular weight is 313 g/mol. The van der Waals surface area contributed by atoms with Gasteiger partial charge in [0.1, 0.15) is 11.9 Å². The molecule has 0 radical (unpaired) electrons. The molecule has 0 aliphatic carbocycles. The van der Waals surface area contributed by atoms with E-state index in [2.05, 4.69) is 5.10 Å². The molecule has 9 heteroatoms. The second-order valence-corrected chi connectivity index (χ2v) is 6.01. The predicted molar refractivity (Wildman–Crippen MR) is 70.3 cm³/mol. The third-order valence-corrected chi connectivity index (χ3v) is 4.11. The zero-order chi connectivity index (χ0) is 15.6. The van der Waals surface area contributed by atoms with E-state index in [0.717, 1.165) is 12.1 Å². The molecule has 112 valence electrons. The van der Waals surface area contributed by atoms with Gasteiger partial charge in [0.05, 0.1) is 11.1 Å². The number of rotatable bonds is 5. The van der Waals surface area contributed by atoms with Gasteiger partial charge in [-0.15, -0.1) is 0 Å². The van der Waals surface area contributed by atoms with E-state index in [4.69, 9.17) is 5.11 Å². The number of nitrogens with one attached hydrogen (secondary N) is 1. The molecule has 0 saturated heterocycles. The summed E-state index contributed by atoms with van der Waals surface area (Å²) < 4.78 is 40.7. The van der Waals surface area contributed by atoms with Crippen molar-refractivity contribution in [3.63, 3.8) is 0 Å². The van der Waals surface area contributed by atoms with Gasteiger partial charge in [0.25, 0.3) is 0 Å². The molecular weight excluding hydrogens is 301 g/mol. The maximum absolute atomic E-state index is 13.1. The molecule has 2 N–H and O–H groups in total. The van der Waals surface area contributed by atoms with Gasteiger partial charge < -0.3 is 5.11 Å². The monoisotopic (exact) mass is 313 g/mol. The van der Waals surface area contributed by atoms with Crippen LogP contribution >= 0.6 is 0 Å². The van der Waals surface area contributed by atoms with Gasteiger partial charge in [-0.2, -0.15) is 9.82 Å². The Morgan fingerprint density at radius 2 is 2.19 bits per heavy atom. The van der Waals surface area contributed by atoms with E-state index in [1.807, 2.05) is 4.72 Å². The maximum Gasteiger partial charge on any atom is 0.326 e. The molecule has 1 atom stereocenters. The van der Waals surface area contributed by atoms with Crippen LogP contribution in [0.2, 0.25) is 0 Å². The Bertz CT molecular complexity index is 772. The van der Waals surface area contributed by atoms with Crippen molar-refractivity contribution in [1.82, 2.24) is 14.5 Å². The number of aryl methyl sites for hydroxylation is 1. The molecule has 0 saturated carbocycles. The van der Waals surface area contributed by atoms with E-state index < -0.39 is 27.9 Å². The molecule has 2 aromatic rings. The minimum atomic E-state index is -4.17. The summed E-state index contributed by atoms with van der Waals surface area (Å²) in [5.41, 5.74) is 0.171. The normalized spacial score (nSPS) is 13.0. The van der Waals surface area contributed by atoms with E-state index in [-0.39, 0.29) is 10.5 Å². The van der Waals surface area contributed by atoms with E-state index in [9.17, 15) is 17.6 Å². The molecule has 0 aliphatic rings. The highest BCUT2D eigenvalue weighted by molar-refractivity contribution is 7.89. The molecule has 2 rings (SSSR count). The summed E-state index contributed by atoms with van der Waals surface area (Å²) in [7, 11) is -2.60. The fourth-order valence-corrected chi connectivity index (χ4v) is 2.92. The van der Waals surface area contributed by atoms with Crippen LogP contribution in [-0.4, -0.2) is 29.3 Å². The van der Waals surface area contributed by atoms with Gasteiger partial charge >= 0.3 is 5.97 Å². The van der Waals surface area contributed by atoms with Crippen LogP contribution in [0.1, 0.15) is 11.6 Å². The molecule has 0 spiro atoms. The molecular formula is C12H12FN3O4S. The number of carbonyl (C=O) groups is 1. The fraction of sp³-hybridized carbons (Fsp3) is 0.167. The lowest BCUT2D eigenvalue weighted by Gasteiger charge is -2.13. The van der Waals surface area contributed by atoms with Crippen LogP contribution in [-0.2, 0) is 21.9 Å². The topological polar surface area (TPSA) is 101 Å². The molecule has 1 aromatic carbocycles. The number of benzene rings is 1. The van der Waals surface area contributed by atoms with Crippen molar-refractivity contribution in [2.75, 3.05) is 0 Å². The number of aromatic nitrogens is 2. The van der Waals surface area contributed by atoms with Crippen molar-refractivity contribution in [2.45, 2.75) is 10.9 Å². The Morgan fingerprint density at radius 3 is 2.71 bits per heavy atom. The molecule has 0 aliphatic heterocycles. The number of nitrogens with zero attached hydrogens (tertiary/aromatic N) is 2. The SMILES string of the molecule is Cn1cc(C(NS(=O)(=O)c2cccc(F)c2)C(=O)O)cn1. The van der Waals surface area contributed by atoms with Crippen molar-refractivity contribution in [2.24, 2.45) is 7.05 Å². The van der Waals surface area contributed by atoms with Crippen LogP contribution in [0.4, 0.5) is 4.39 Å². The van der Waals surface area contributed by atoms with E-state index in [1.54, 1.807) is 7.05 Å². The Morgan fingerprint density at radius 1 is 1.48 bits per heavy atom. The molecule has 1 aromatic heterocycles. The quantitative estimate of drug-likeness (QED) is 0.844. The van der Waals surface area contributed by atoms with Crippen LogP contribution < -0.4 is 4.72 Å². The van der Waals surface area contributed by atoms with E-state index in [0.29, 0.717) is 0 Å². The lowest BCUT2D eigenvalue weighted by molar-refractivity contribution is -0.139. The Balaban J connectivity index is 2.34. The molecule has 0 fully saturated rings. The number of sulfonamides is 1. The molecule has 1 unspecified atom stereocenters. The second-order valence-electron chi connectivity index (χ2n) is 4.30. The highest BCUT2D eigenvalue weighted by Crippen LogP contribution is 2.17. The average Bonchev–Trinajstić information content (AvgIpc) is 2.82. The zero-order valence-electron chi connectivity index (χ0n) is 10.9. The van der Waals surface area contributed by atoms with Crippen LogP contribution in [0.5, 0.6) is 0 Å². The molecule has 0 amide bonds. The first-order valence-corrected chi connectivity index (χ1v) is 7.27. The maximum atomic E-state index is 13.1. The predicted octanol–water partition coefficient (Wildman–Crippen LogP) is 0.663. The van der Waals surface area contributed by atoms with E-state index in [1.165, 1.54) is 29.2 Å². The summed E-state index contributed by atoms with van der Waals surface area (Å²) in [6.07, 6.45) is 2.62. The van der Waals surface area contributed by atoms with Crippen molar-refractivity contribution < 1.29 is 22.7 Å². The minimum Gasteiger partial charge on any atom is -0.480 e. The van der Waals surface area contributed by atoms with Gasteiger partial charge in [-0.1, -0.05) is 6.07 Å². The number of hydrogen-bond donors (Lipinski definition) is 2. The van der Waals surface area contributed by atoms with Crippen LogP contribution in [0.25, 0.3) is 0 Å². The first kappa shape index (κ1) is 15.1. The minimum absolute atomic E-state index is 0.171. The van der Waals surface area contributed by atoms with Crippen LogP contribution in [0, 0.1) is 5.82 Å². The molecule has 0 bridgehead atoms. The van der Waals surface area contributed by atoms with Gasteiger partial charge in [0, 0.05) is 18.8 Å². The Kier molecular flexibility index (Phi) is 4.05. The van der Waals surface area contributed by atoms with Gasteiger partial charge in [0.15, 0.2) is 0 Å². The second kappa shape index (κ2) is 5.62. The first-order chi connectivity index (χ1) is 9.79. The number of carboxylic acid groups (broad SMARTS) is 1. The number of aliphatic carboxylic acids is 1. The lowest BCUT2D eigenvalue weighted by Crippen LogP contribution is -2.33. The number of carboxylic acids is 1. The Hall–Kier alpha value is -2.26. The fourth-order valence-electron chi connectivity index (χ4n) is 1.71. The van der Waals surface area contributed by atoms with Crippen molar-refractivity contribution in [1.29, 1.82) is 0 Å².